The zero-order valence-corrected chi connectivity index (χ0v) is 9.63. The topological polar surface area (TPSA) is 55.6 Å². The summed E-state index contributed by atoms with van der Waals surface area (Å²) in [6.07, 6.45) is 0.739. The van der Waals surface area contributed by atoms with Gasteiger partial charge in [0.2, 0.25) is 5.91 Å². The van der Waals surface area contributed by atoms with Crippen LogP contribution in [0.5, 0.6) is 0 Å². The van der Waals surface area contributed by atoms with Crippen LogP contribution in [0.15, 0.2) is 0 Å². The number of nitrogens with zero attached hydrogens (tertiary/aromatic N) is 1. The Kier molecular flexibility index (Phi) is 2.63. The van der Waals surface area contributed by atoms with Gasteiger partial charge in [0.05, 0.1) is 18.6 Å². The first-order valence-electron chi connectivity index (χ1n) is 4.87. The van der Waals surface area contributed by atoms with Crippen LogP contribution in [0.1, 0.15) is 34.1 Å². The Morgan fingerprint density at radius 1 is 1.43 bits per heavy atom. The molecule has 0 spiro atoms. The Bertz CT molecular complexity index is 249. The quantitative estimate of drug-likeness (QED) is 0.721. The van der Waals surface area contributed by atoms with Crippen molar-refractivity contribution in [1.29, 1.82) is 0 Å². The van der Waals surface area contributed by atoms with Crippen LogP contribution in [-0.4, -0.2) is 29.2 Å². The molecule has 1 fully saturated rings. The molecule has 4 nitrogen and oxygen atoms in total. The van der Waals surface area contributed by atoms with E-state index in [4.69, 9.17) is 10.6 Å². The summed E-state index contributed by atoms with van der Waals surface area (Å²) in [5.41, 5.74) is 4.92. The van der Waals surface area contributed by atoms with Gasteiger partial charge in [0.15, 0.2) is 0 Å². The Labute approximate surface area is 85.3 Å². The van der Waals surface area contributed by atoms with Gasteiger partial charge in [-0.25, -0.2) is 0 Å². The molecule has 0 radical (unpaired) electrons. The molecule has 0 aliphatic carbocycles. The first-order chi connectivity index (χ1) is 6.23. The van der Waals surface area contributed by atoms with Gasteiger partial charge in [0, 0.05) is 5.54 Å². The number of primary amides is 1. The predicted octanol–water partition coefficient (Wildman–Crippen LogP) is 0.912. The van der Waals surface area contributed by atoms with E-state index in [0.29, 0.717) is 0 Å². The first-order valence-corrected chi connectivity index (χ1v) is 4.87. The van der Waals surface area contributed by atoms with Crippen molar-refractivity contribution in [2.45, 2.75) is 45.2 Å². The number of hydroxylamine groups is 2. The molecule has 4 heteroatoms. The molecule has 14 heavy (non-hydrogen) atoms. The number of rotatable bonds is 2. The third-order valence-corrected chi connectivity index (χ3v) is 3.16. The van der Waals surface area contributed by atoms with Gasteiger partial charge in [0.25, 0.3) is 0 Å². The number of carbonyl (C=O) groups excluding carboxylic acids is 1. The fourth-order valence-corrected chi connectivity index (χ4v) is 2.68. The summed E-state index contributed by atoms with van der Waals surface area (Å²) in [7, 11) is 1.63. The molecule has 1 aliphatic heterocycles. The second kappa shape index (κ2) is 3.21. The van der Waals surface area contributed by atoms with E-state index in [1.165, 1.54) is 0 Å². The van der Waals surface area contributed by atoms with Crippen molar-refractivity contribution in [3.63, 3.8) is 0 Å². The van der Waals surface area contributed by atoms with E-state index in [1.807, 2.05) is 18.9 Å². The van der Waals surface area contributed by atoms with Crippen molar-refractivity contribution < 1.29 is 9.63 Å². The molecule has 2 N–H and O–H groups in total. The summed E-state index contributed by atoms with van der Waals surface area (Å²) in [5, 5.41) is 1.87. The van der Waals surface area contributed by atoms with Gasteiger partial charge in [-0.05, 0) is 34.1 Å². The van der Waals surface area contributed by atoms with E-state index in [2.05, 4.69) is 13.8 Å². The van der Waals surface area contributed by atoms with Crippen molar-refractivity contribution in [1.82, 2.24) is 5.06 Å². The molecule has 0 aromatic carbocycles. The SMILES string of the molecule is CON1C(C)(C)C[C@H](C(N)=O)C1(C)C. The molecule has 82 valence electrons. The van der Waals surface area contributed by atoms with E-state index in [9.17, 15) is 4.79 Å². The molecule has 1 saturated heterocycles. The third-order valence-electron chi connectivity index (χ3n) is 3.16. The molecular formula is C10H20N2O2. The molecular weight excluding hydrogens is 180 g/mol. The number of hydrogen-bond donors (Lipinski definition) is 1. The predicted molar refractivity (Wildman–Crippen MR) is 54.3 cm³/mol. The zero-order valence-electron chi connectivity index (χ0n) is 9.63. The summed E-state index contributed by atoms with van der Waals surface area (Å²) < 4.78 is 0. The Morgan fingerprint density at radius 3 is 2.14 bits per heavy atom. The Hall–Kier alpha value is -0.610. The summed E-state index contributed by atoms with van der Waals surface area (Å²) in [6, 6.07) is 0. The van der Waals surface area contributed by atoms with Gasteiger partial charge in [0.1, 0.15) is 0 Å². The summed E-state index contributed by atoms with van der Waals surface area (Å²) in [4.78, 5) is 16.7. The van der Waals surface area contributed by atoms with E-state index >= 15 is 0 Å². The fraction of sp³-hybridized carbons (Fsp3) is 0.900. The molecule has 1 aliphatic rings. The van der Waals surface area contributed by atoms with Crippen molar-refractivity contribution in [3.8, 4) is 0 Å². The number of nitrogens with two attached hydrogens (primary N) is 1. The monoisotopic (exact) mass is 200 g/mol. The molecule has 1 amide bonds. The van der Waals surface area contributed by atoms with E-state index in [-0.39, 0.29) is 22.9 Å². The van der Waals surface area contributed by atoms with E-state index in [1.54, 1.807) is 7.11 Å². The minimum atomic E-state index is -0.329. The van der Waals surface area contributed by atoms with Gasteiger partial charge in [-0.3, -0.25) is 4.79 Å². The highest BCUT2D eigenvalue weighted by Crippen LogP contribution is 2.44. The molecule has 1 atom stereocenters. The zero-order chi connectivity index (χ0) is 11.1. The second-order valence-corrected chi connectivity index (χ2v) is 5.10. The van der Waals surface area contributed by atoms with Gasteiger partial charge in [-0.1, -0.05) is 0 Å². The molecule has 0 saturated carbocycles. The van der Waals surface area contributed by atoms with Crippen LogP contribution < -0.4 is 5.73 Å². The Morgan fingerprint density at radius 2 is 1.93 bits per heavy atom. The molecule has 1 heterocycles. The number of carbonyl (C=O) groups is 1. The fourth-order valence-electron chi connectivity index (χ4n) is 2.68. The normalized spacial score (nSPS) is 30.5. The summed E-state index contributed by atoms with van der Waals surface area (Å²) in [6.45, 7) is 8.09. The lowest BCUT2D eigenvalue weighted by molar-refractivity contribution is -0.223. The van der Waals surface area contributed by atoms with E-state index < -0.39 is 0 Å². The standard InChI is InChI=1S/C10H20N2O2/c1-9(2)6-7(8(11)13)10(3,4)12(9)14-5/h7H,6H2,1-5H3,(H2,11,13)/t7-/m1/s1. The molecule has 0 aromatic heterocycles. The first kappa shape index (κ1) is 11.5. The van der Waals surface area contributed by atoms with Crippen molar-refractivity contribution in [2.24, 2.45) is 11.7 Å². The van der Waals surface area contributed by atoms with Gasteiger partial charge in [-0.2, -0.15) is 5.06 Å². The lowest BCUT2D eigenvalue weighted by atomic mass is 9.86. The van der Waals surface area contributed by atoms with Crippen LogP contribution in [-0.2, 0) is 9.63 Å². The van der Waals surface area contributed by atoms with Crippen LogP contribution in [0.4, 0.5) is 0 Å². The highest BCUT2D eigenvalue weighted by Gasteiger charge is 2.54. The minimum absolute atomic E-state index is 0.141. The van der Waals surface area contributed by atoms with Crippen LogP contribution in [0.3, 0.4) is 0 Å². The molecule has 0 unspecified atom stereocenters. The summed E-state index contributed by atoms with van der Waals surface area (Å²) >= 11 is 0. The third kappa shape index (κ3) is 1.53. The second-order valence-electron chi connectivity index (χ2n) is 5.10. The molecule has 1 rings (SSSR count). The van der Waals surface area contributed by atoms with Crippen LogP contribution in [0.2, 0.25) is 0 Å². The van der Waals surface area contributed by atoms with Gasteiger partial charge in [-0.15, -0.1) is 0 Å². The van der Waals surface area contributed by atoms with E-state index in [0.717, 1.165) is 6.42 Å². The maximum absolute atomic E-state index is 11.3. The van der Waals surface area contributed by atoms with Gasteiger partial charge >= 0.3 is 0 Å². The minimum Gasteiger partial charge on any atom is -0.369 e. The number of hydrogen-bond acceptors (Lipinski definition) is 3. The van der Waals surface area contributed by atoms with Crippen molar-refractivity contribution >= 4 is 5.91 Å². The maximum atomic E-state index is 11.3. The molecule has 0 aromatic rings. The highest BCUT2D eigenvalue weighted by molar-refractivity contribution is 5.78. The lowest BCUT2D eigenvalue weighted by Gasteiger charge is -2.38. The largest absolute Gasteiger partial charge is 0.369 e. The summed E-state index contributed by atoms with van der Waals surface area (Å²) in [5.74, 6) is -0.403. The van der Waals surface area contributed by atoms with Gasteiger partial charge < -0.3 is 10.6 Å². The number of amides is 1. The smallest absolute Gasteiger partial charge is 0.222 e. The highest BCUT2D eigenvalue weighted by atomic mass is 16.7. The van der Waals surface area contributed by atoms with Crippen LogP contribution in [0.25, 0.3) is 0 Å². The van der Waals surface area contributed by atoms with Crippen LogP contribution >= 0.6 is 0 Å². The van der Waals surface area contributed by atoms with Crippen LogP contribution in [0, 0.1) is 5.92 Å². The van der Waals surface area contributed by atoms with Crippen molar-refractivity contribution in [3.05, 3.63) is 0 Å². The Balaban J connectivity index is 3.04. The average molecular weight is 200 g/mol. The maximum Gasteiger partial charge on any atom is 0.222 e. The lowest BCUT2D eigenvalue weighted by Crippen LogP contribution is -2.50. The molecule has 0 bridgehead atoms. The van der Waals surface area contributed by atoms with Crippen molar-refractivity contribution in [2.75, 3.05) is 7.11 Å². The average Bonchev–Trinajstić information content (AvgIpc) is 2.17.